The number of para-hydroxylation sites is 1. The molecule has 0 aliphatic rings. The molecule has 0 unspecified atom stereocenters. The second-order valence-corrected chi connectivity index (χ2v) is 4.95. The average molecular weight is 297 g/mol. The molecule has 22 heavy (non-hydrogen) atoms. The second-order valence-electron chi connectivity index (χ2n) is 4.95. The third-order valence-electron chi connectivity index (χ3n) is 3.31. The van der Waals surface area contributed by atoms with Crippen molar-refractivity contribution in [1.82, 2.24) is 5.32 Å². The van der Waals surface area contributed by atoms with E-state index in [1.165, 1.54) is 0 Å². The van der Waals surface area contributed by atoms with E-state index in [2.05, 4.69) is 29.6 Å². The zero-order chi connectivity index (χ0) is 15.6. The molecule has 0 heterocycles. The second kappa shape index (κ2) is 8.90. The monoisotopic (exact) mass is 297 g/mol. The molecule has 0 atom stereocenters. The van der Waals surface area contributed by atoms with Crippen LogP contribution in [-0.4, -0.2) is 27.3 Å². The third-order valence-corrected chi connectivity index (χ3v) is 3.31. The lowest BCUT2D eigenvalue weighted by Crippen LogP contribution is -2.11. The van der Waals surface area contributed by atoms with Crippen LogP contribution < -0.4 is 14.8 Å². The molecule has 0 saturated heterocycles. The summed E-state index contributed by atoms with van der Waals surface area (Å²) >= 11 is 0. The van der Waals surface area contributed by atoms with Gasteiger partial charge < -0.3 is 14.8 Å². The van der Waals surface area contributed by atoms with Gasteiger partial charge in [0.2, 0.25) is 0 Å². The lowest BCUT2D eigenvalue weighted by molar-refractivity contribution is 0.310. The van der Waals surface area contributed by atoms with Crippen LogP contribution in [0.2, 0.25) is 0 Å². The van der Waals surface area contributed by atoms with Gasteiger partial charge in [-0.05, 0) is 43.8 Å². The van der Waals surface area contributed by atoms with Gasteiger partial charge in [0.1, 0.15) is 11.5 Å². The summed E-state index contributed by atoms with van der Waals surface area (Å²) in [6, 6.07) is 16.1. The maximum Gasteiger partial charge on any atom is 0.126 e. The molecule has 0 saturated carbocycles. The molecule has 0 aromatic heterocycles. The normalized spacial score (nSPS) is 10.8. The van der Waals surface area contributed by atoms with Crippen LogP contribution in [0, 0.1) is 0 Å². The van der Waals surface area contributed by atoms with E-state index >= 15 is 0 Å². The van der Waals surface area contributed by atoms with E-state index in [9.17, 15) is 0 Å². The van der Waals surface area contributed by atoms with Gasteiger partial charge >= 0.3 is 0 Å². The molecule has 2 rings (SSSR count). The number of rotatable bonds is 8. The van der Waals surface area contributed by atoms with E-state index < -0.39 is 0 Å². The Morgan fingerprint density at radius 3 is 2.50 bits per heavy atom. The Bertz CT molecular complexity index is 591. The summed E-state index contributed by atoms with van der Waals surface area (Å²) in [6.07, 6.45) is 5.14. The van der Waals surface area contributed by atoms with Gasteiger partial charge in [-0.1, -0.05) is 42.5 Å². The molecule has 116 valence electrons. The molecule has 1 N–H and O–H groups in total. The highest BCUT2D eigenvalue weighted by Crippen LogP contribution is 2.20. The van der Waals surface area contributed by atoms with Crippen molar-refractivity contribution in [2.45, 2.75) is 6.42 Å². The maximum absolute atomic E-state index is 5.68. The summed E-state index contributed by atoms with van der Waals surface area (Å²) < 4.78 is 11.0. The third kappa shape index (κ3) is 4.93. The zero-order valence-corrected chi connectivity index (χ0v) is 13.2. The molecule has 0 fully saturated rings. The molecule has 0 radical (unpaired) electrons. The summed E-state index contributed by atoms with van der Waals surface area (Å²) in [7, 11) is 3.63. The van der Waals surface area contributed by atoms with Crippen molar-refractivity contribution in [2.24, 2.45) is 0 Å². The number of hydrogen-bond donors (Lipinski definition) is 1. The van der Waals surface area contributed by atoms with Crippen molar-refractivity contribution in [3.8, 4) is 11.5 Å². The van der Waals surface area contributed by atoms with Gasteiger partial charge in [-0.2, -0.15) is 0 Å². The van der Waals surface area contributed by atoms with Crippen molar-refractivity contribution < 1.29 is 9.47 Å². The lowest BCUT2D eigenvalue weighted by atomic mass is 10.1. The van der Waals surface area contributed by atoms with Crippen molar-refractivity contribution in [3.63, 3.8) is 0 Å². The first-order valence-electron chi connectivity index (χ1n) is 7.52. The molecule has 0 bridgehead atoms. The van der Waals surface area contributed by atoms with Gasteiger partial charge in [0.25, 0.3) is 0 Å². The quantitative estimate of drug-likeness (QED) is 0.593. The van der Waals surface area contributed by atoms with Crippen molar-refractivity contribution in [3.05, 3.63) is 59.7 Å². The van der Waals surface area contributed by atoms with E-state index in [0.717, 1.165) is 42.2 Å². The van der Waals surface area contributed by atoms with Crippen LogP contribution in [0.1, 0.15) is 17.5 Å². The minimum Gasteiger partial charge on any atom is -0.496 e. The van der Waals surface area contributed by atoms with E-state index in [4.69, 9.17) is 9.47 Å². The van der Waals surface area contributed by atoms with E-state index in [1.807, 2.05) is 43.4 Å². The average Bonchev–Trinajstić information content (AvgIpc) is 2.58. The first-order valence-corrected chi connectivity index (χ1v) is 7.52. The summed E-state index contributed by atoms with van der Waals surface area (Å²) in [5, 5.41) is 3.11. The molecule has 3 heteroatoms. The number of ether oxygens (including phenoxy) is 2. The summed E-state index contributed by atoms with van der Waals surface area (Å²) in [5.74, 6) is 1.79. The van der Waals surface area contributed by atoms with Crippen LogP contribution in [0.15, 0.2) is 48.5 Å². The Hall–Kier alpha value is -2.26. The van der Waals surface area contributed by atoms with Gasteiger partial charge in [-0.15, -0.1) is 0 Å². The van der Waals surface area contributed by atoms with Crippen LogP contribution in [-0.2, 0) is 0 Å². The fraction of sp³-hybridized carbons (Fsp3) is 0.263. The number of methoxy groups -OCH3 is 1. The van der Waals surface area contributed by atoms with Crippen LogP contribution in [0.4, 0.5) is 0 Å². The first-order chi connectivity index (χ1) is 10.8. The number of hydrogen-bond acceptors (Lipinski definition) is 3. The Kier molecular flexibility index (Phi) is 6.52. The zero-order valence-electron chi connectivity index (χ0n) is 13.2. The molecule has 3 nitrogen and oxygen atoms in total. The lowest BCUT2D eigenvalue weighted by Gasteiger charge is -2.06. The summed E-state index contributed by atoms with van der Waals surface area (Å²) in [6.45, 7) is 1.71. The topological polar surface area (TPSA) is 30.5 Å². The molecule has 0 aliphatic heterocycles. The van der Waals surface area contributed by atoms with Gasteiger partial charge in [0, 0.05) is 5.56 Å². The smallest absolute Gasteiger partial charge is 0.126 e. The SMILES string of the molecule is CNCCCOc1ccc(/C=C/c2ccccc2OC)cc1. The molecular formula is C19H23NO2. The van der Waals surface area contributed by atoms with Crippen molar-refractivity contribution >= 4 is 12.2 Å². The van der Waals surface area contributed by atoms with E-state index in [0.29, 0.717) is 0 Å². The number of nitrogens with one attached hydrogen (secondary N) is 1. The number of benzene rings is 2. The molecular weight excluding hydrogens is 274 g/mol. The van der Waals surface area contributed by atoms with Gasteiger partial charge in [0.05, 0.1) is 13.7 Å². The summed E-state index contributed by atoms with van der Waals surface area (Å²) in [5.41, 5.74) is 2.20. The Labute approximate surface area is 132 Å². The predicted molar refractivity (Wildman–Crippen MR) is 92.4 cm³/mol. The van der Waals surface area contributed by atoms with Gasteiger partial charge in [-0.25, -0.2) is 0 Å². The highest BCUT2D eigenvalue weighted by molar-refractivity contribution is 5.72. The Morgan fingerprint density at radius 1 is 1.00 bits per heavy atom. The maximum atomic E-state index is 5.68. The van der Waals surface area contributed by atoms with E-state index in [-0.39, 0.29) is 0 Å². The largest absolute Gasteiger partial charge is 0.496 e. The summed E-state index contributed by atoms with van der Waals surface area (Å²) in [4.78, 5) is 0. The predicted octanol–water partition coefficient (Wildman–Crippen LogP) is 3.85. The molecule has 2 aromatic rings. The standard InChI is InChI=1S/C19H23NO2/c1-20-14-5-15-22-18-12-9-16(10-13-18)8-11-17-6-3-4-7-19(17)21-2/h3-4,6-13,20H,5,14-15H2,1-2H3/b11-8+. The molecule has 0 aliphatic carbocycles. The van der Waals surface area contributed by atoms with Crippen LogP contribution in [0.25, 0.3) is 12.2 Å². The fourth-order valence-corrected chi connectivity index (χ4v) is 2.10. The Morgan fingerprint density at radius 2 is 1.77 bits per heavy atom. The molecule has 0 spiro atoms. The molecule has 2 aromatic carbocycles. The van der Waals surface area contributed by atoms with E-state index in [1.54, 1.807) is 7.11 Å². The highest BCUT2D eigenvalue weighted by atomic mass is 16.5. The highest BCUT2D eigenvalue weighted by Gasteiger charge is 1.97. The fourth-order valence-electron chi connectivity index (χ4n) is 2.10. The van der Waals surface area contributed by atoms with Crippen molar-refractivity contribution in [1.29, 1.82) is 0 Å². The first kappa shape index (κ1) is 16.1. The Balaban J connectivity index is 1.94. The van der Waals surface area contributed by atoms with Crippen LogP contribution >= 0.6 is 0 Å². The van der Waals surface area contributed by atoms with Crippen LogP contribution in [0.5, 0.6) is 11.5 Å². The minimum absolute atomic E-state index is 0.733. The molecule has 0 amide bonds. The van der Waals surface area contributed by atoms with Crippen molar-refractivity contribution in [2.75, 3.05) is 27.3 Å². The van der Waals surface area contributed by atoms with Crippen LogP contribution in [0.3, 0.4) is 0 Å². The van der Waals surface area contributed by atoms with Gasteiger partial charge in [-0.3, -0.25) is 0 Å². The minimum atomic E-state index is 0.733. The van der Waals surface area contributed by atoms with Gasteiger partial charge in [0.15, 0.2) is 0 Å².